The summed E-state index contributed by atoms with van der Waals surface area (Å²) in [4.78, 5) is 38.6. The summed E-state index contributed by atoms with van der Waals surface area (Å²) in [6.07, 6.45) is -2.52. The maximum absolute atomic E-state index is 13.7. The molecule has 0 unspecified atom stereocenters. The van der Waals surface area contributed by atoms with E-state index in [0.29, 0.717) is 49.7 Å². The number of halogens is 3. The van der Waals surface area contributed by atoms with E-state index in [-0.39, 0.29) is 49.7 Å². The van der Waals surface area contributed by atoms with Crippen molar-refractivity contribution in [2.45, 2.75) is 63.8 Å². The van der Waals surface area contributed by atoms with Crippen LogP contribution in [0.15, 0.2) is 36.4 Å². The number of alkyl halides is 3. The molecule has 1 aromatic carbocycles. The van der Waals surface area contributed by atoms with Crippen LogP contribution in [0.1, 0.15) is 50.0 Å². The maximum atomic E-state index is 13.7. The standard InChI is InChI=1S/C31H41F3N6O3/c1-4-21-20-38(30(42)40-15-8-11-27(40)31(32,33)34)17-18-39(21)25-13-12-24(23-9-6-7-10-26(23)43-5-2)36-28(25)29(41)35-19-22-14-16-37(22)3/h6-7,9-10,12-13,21-22,27H,4-5,8,11,14-20H2,1-3H3,(H,35,41)/t21-,22+,27+/m1/s1. The number of ether oxygens (including phenoxy) is 1. The monoisotopic (exact) mass is 602 g/mol. The summed E-state index contributed by atoms with van der Waals surface area (Å²) in [6.45, 7) is 6.87. The number of rotatable bonds is 8. The van der Waals surface area contributed by atoms with Gasteiger partial charge in [-0.3, -0.25) is 4.79 Å². The lowest BCUT2D eigenvalue weighted by Crippen LogP contribution is -2.59. The van der Waals surface area contributed by atoms with Gasteiger partial charge in [0.2, 0.25) is 0 Å². The number of carbonyl (C=O) groups excluding carboxylic acids is 2. The van der Waals surface area contributed by atoms with E-state index in [2.05, 4.69) is 15.1 Å². The fourth-order valence-corrected chi connectivity index (χ4v) is 6.30. The number of piperazine rings is 1. The molecule has 2 aromatic rings. The van der Waals surface area contributed by atoms with Crippen molar-refractivity contribution in [2.75, 3.05) is 57.8 Å². The number of nitrogens with one attached hydrogen (secondary N) is 1. The second-order valence-corrected chi connectivity index (χ2v) is 11.5. The minimum absolute atomic E-state index is 0.0635. The van der Waals surface area contributed by atoms with E-state index in [1.165, 1.54) is 4.90 Å². The van der Waals surface area contributed by atoms with Crippen LogP contribution in [0.3, 0.4) is 0 Å². The Balaban J connectivity index is 1.41. The van der Waals surface area contributed by atoms with Gasteiger partial charge in [0.1, 0.15) is 11.8 Å². The summed E-state index contributed by atoms with van der Waals surface area (Å²) in [5.74, 6) is 0.384. The molecule has 3 saturated heterocycles. The van der Waals surface area contributed by atoms with Crippen molar-refractivity contribution >= 4 is 17.6 Å². The topological polar surface area (TPSA) is 81.2 Å². The molecule has 1 N–H and O–H groups in total. The number of likely N-dealkylation sites (N-methyl/N-ethyl adjacent to an activating group) is 1. The molecule has 3 amide bonds. The van der Waals surface area contributed by atoms with Gasteiger partial charge in [-0.25, -0.2) is 9.78 Å². The van der Waals surface area contributed by atoms with Crippen LogP contribution in [0, 0.1) is 0 Å². The highest BCUT2D eigenvalue weighted by Gasteiger charge is 2.49. The third-order valence-electron chi connectivity index (χ3n) is 8.90. The third-order valence-corrected chi connectivity index (χ3v) is 8.90. The lowest BCUT2D eigenvalue weighted by atomic mass is 10.0. The maximum Gasteiger partial charge on any atom is 0.408 e. The highest BCUT2D eigenvalue weighted by atomic mass is 19.4. The minimum Gasteiger partial charge on any atom is -0.493 e. The number of hydrogen-bond acceptors (Lipinski definition) is 6. The van der Waals surface area contributed by atoms with Crippen LogP contribution < -0.4 is 15.0 Å². The quantitative estimate of drug-likeness (QED) is 0.475. The number of aromatic nitrogens is 1. The predicted molar refractivity (Wildman–Crippen MR) is 158 cm³/mol. The van der Waals surface area contributed by atoms with Gasteiger partial charge in [-0.1, -0.05) is 19.1 Å². The smallest absolute Gasteiger partial charge is 0.408 e. The molecule has 0 saturated carbocycles. The molecular weight excluding hydrogens is 561 g/mol. The Morgan fingerprint density at radius 2 is 1.81 bits per heavy atom. The second kappa shape index (κ2) is 13.0. The molecular formula is C31H41F3N6O3. The number of urea groups is 1. The first-order valence-corrected chi connectivity index (χ1v) is 15.2. The number of likely N-dealkylation sites (tertiary alicyclic amines) is 2. The van der Waals surface area contributed by atoms with E-state index in [1.807, 2.05) is 57.3 Å². The van der Waals surface area contributed by atoms with E-state index in [1.54, 1.807) is 0 Å². The number of pyridine rings is 1. The number of hydrogen-bond donors (Lipinski definition) is 1. The molecule has 43 heavy (non-hydrogen) atoms. The largest absolute Gasteiger partial charge is 0.493 e. The Bertz CT molecular complexity index is 1310. The fraction of sp³-hybridized carbons (Fsp3) is 0.581. The fourth-order valence-electron chi connectivity index (χ4n) is 6.30. The van der Waals surface area contributed by atoms with Crippen molar-refractivity contribution in [3.8, 4) is 17.0 Å². The zero-order valence-corrected chi connectivity index (χ0v) is 25.1. The molecule has 0 aliphatic carbocycles. The van der Waals surface area contributed by atoms with Gasteiger partial charge in [-0.15, -0.1) is 0 Å². The van der Waals surface area contributed by atoms with Crippen molar-refractivity contribution in [1.82, 2.24) is 25.0 Å². The van der Waals surface area contributed by atoms with Gasteiger partial charge in [0, 0.05) is 50.4 Å². The van der Waals surface area contributed by atoms with E-state index in [0.717, 1.165) is 23.4 Å². The van der Waals surface area contributed by atoms with Crippen LogP contribution in [0.4, 0.5) is 23.7 Å². The van der Waals surface area contributed by atoms with Crippen molar-refractivity contribution in [2.24, 2.45) is 0 Å². The molecule has 12 heteroatoms. The Labute approximate surface area is 251 Å². The Morgan fingerprint density at radius 1 is 1.02 bits per heavy atom. The predicted octanol–water partition coefficient (Wildman–Crippen LogP) is 4.63. The Morgan fingerprint density at radius 3 is 2.49 bits per heavy atom. The summed E-state index contributed by atoms with van der Waals surface area (Å²) in [5, 5.41) is 3.07. The van der Waals surface area contributed by atoms with Crippen molar-refractivity contribution in [3.05, 3.63) is 42.1 Å². The average Bonchev–Trinajstić information content (AvgIpc) is 3.51. The van der Waals surface area contributed by atoms with Gasteiger partial charge < -0.3 is 29.7 Å². The van der Waals surface area contributed by atoms with E-state index in [4.69, 9.17) is 9.72 Å². The van der Waals surface area contributed by atoms with E-state index in [9.17, 15) is 22.8 Å². The molecule has 0 spiro atoms. The summed E-state index contributed by atoms with van der Waals surface area (Å²) in [7, 11) is 2.03. The molecule has 5 rings (SSSR count). The molecule has 1 aromatic heterocycles. The molecule has 9 nitrogen and oxygen atoms in total. The van der Waals surface area contributed by atoms with E-state index < -0.39 is 18.2 Å². The third kappa shape index (κ3) is 6.53. The summed E-state index contributed by atoms with van der Waals surface area (Å²) >= 11 is 0. The minimum atomic E-state index is -4.44. The molecule has 234 valence electrons. The lowest BCUT2D eigenvalue weighted by Gasteiger charge is -2.44. The number of carbonyl (C=O) groups is 2. The Kier molecular flexibility index (Phi) is 9.33. The van der Waals surface area contributed by atoms with Crippen molar-refractivity contribution in [3.63, 3.8) is 0 Å². The highest BCUT2D eigenvalue weighted by Crippen LogP contribution is 2.35. The number of nitrogens with zero attached hydrogens (tertiary/aromatic N) is 5. The van der Waals surface area contributed by atoms with Crippen LogP contribution in [0.5, 0.6) is 5.75 Å². The average molecular weight is 603 g/mol. The van der Waals surface area contributed by atoms with Gasteiger partial charge >= 0.3 is 12.2 Å². The molecule has 3 aliphatic heterocycles. The molecule has 3 fully saturated rings. The van der Waals surface area contributed by atoms with Crippen LogP contribution in [0.2, 0.25) is 0 Å². The van der Waals surface area contributed by atoms with Gasteiger partial charge in [0.05, 0.1) is 18.0 Å². The number of benzene rings is 1. The zero-order chi connectivity index (χ0) is 30.7. The van der Waals surface area contributed by atoms with Gasteiger partial charge in [-0.05, 0) is 70.5 Å². The Hall–Kier alpha value is -3.54. The number of anilines is 1. The van der Waals surface area contributed by atoms with Gasteiger partial charge in [-0.2, -0.15) is 13.2 Å². The second-order valence-electron chi connectivity index (χ2n) is 11.5. The first kappa shape index (κ1) is 30.9. The SMILES string of the molecule is CCOc1ccccc1-c1ccc(N2CCN(C(=O)N3CCC[C@H]3C(F)(F)F)C[C@H]2CC)c(C(=O)NC[C@@H]2CCN2C)n1. The number of para-hydroxylation sites is 1. The lowest BCUT2D eigenvalue weighted by molar-refractivity contribution is -0.170. The van der Waals surface area contributed by atoms with Crippen LogP contribution in [-0.2, 0) is 0 Å². The first-order chi connectivity index (χ1) is 20.6. The summed E-state index contributed by atoms with van der Waals surface area (Å²) < 4.78 is 46.6. The summed E-state index contributed by atoms with van der Waals surface area (Å²) in [5.41, 5.74) is 2.30. The molecule has 4 heterocycles. The van der Waals surface area contributed by atoms with Gasteiger partial charge in [0.15, 0.2) is 5.69 Å². The molecule has 3 aliphatic rings. The highest BCUT2D eigenvalue weighted by molar-refractivity contribution is 5.98. The van der Waals surface area contributed by atoms with Crippen molar-refractivity contribution < 1.29 is 27.5 Å². The van der Waals surface area contributed by atoms with Crippen molar-refractivity contribution in [1.29, 1.82) is 0 Å². The normalized spacial score (nSPS) is 22.8. The molecule has 0 radical (unpaired) electrons. The molecule has 3 atom stereocenters. The van der Waals surface area contributed by atoms with Crippen LogP contribution >= 0.6 is 0 Å². The number of amides is 3. The summed E-state index contributed by atoms with van der Waals surface area (Å²) in [6, 6.07) is 9.08. The van der Waals surface area contributed by atoms with Crippen LogP contribution in [0.25, 0.3) is 11.3 Å². The molecule has 0 bridgehead atoms. The van der Waals surface area contributed by atoms with Crippen LogP contribution in [-0.4, -0.2) is 109 Å². The first-order valence-electron chi connectivity index (χ1n) is 15.2. The van der Waals surface area contributed by atoms with Gasteiger partial charge in [0.25, 0.3) is 5.91 Å². The van der Waals surface area contributed by atoms with E-state index >= 15 is 0 Å². The zero-order valence-electron chi connectivity index (χ0n) is 25.1.